The normalized spacial score (nSPS) is 11.4. The minimum atomic E-state index is -1.01. The number of ether oxygens (including phenoxy) is 1. The molecule has 0 bridgehead atoms. The molecule has 0 amide bonds. The van der Waals surface area contributed by atoms with Crippen molar-refractivity contribution in [2.24, 2.45) is 0 Å². The number of methoxy groups -OCH3 is 1. The summed E-state index contributed by atoms with van der Waals surface area (Å²) in [5.41, 5.74) is 0.0427. The van der Waals surface area contributed by atoms with E-state index in [0.717, 1.165) is 5.56 Å². The molecular weight excluding hydrogens is 255 g/mol. The lowest BCUT2D eigenvalue weighted by Gasteiger charge is -2.31. The number of hydrogen-bond acceptors (Lipinski definition) is 4. The van der Waals surface area contributed by atoms with Gasteiger partial charge >= 0.3 is 5.97 Å². The Bertz CT molecular complexity index is 444. The van der Waals surface area contributed by atoms with Crippen molar-refractivity contribution >= 4 is 19.3 Å². The molecule has 1 aromatic carbocycles. The molecule has 0 atom stereocenters. The smallest absolute Gasteiger partial charge is 0.337 e. The number of aliphatic hydroxyl groups is 2. The molecule has 0 saturated carbocycles. The van der Waals surface area contributed by atoms with Gasteiger partial charge in [0.25, 0.3) is 0 Å². The van der Waals surface area contributed by atoms with Crippen LogP contribution in [0.3, 0.4) is 0 Å². The van der Waals surface area contributed by atoms with E-state index >= 15 is 0 Å². The fourth-order valence-electron chi connectivity index (χ4n) is 0.885. The Morgan fingerprint density at radius 2 is 1.60 bits per heavy atom. The number of rotatable bonds is 2. The maximum atomic E-state index is 11.0. The first-order valence-corrected chi connectivity index (χ1v) is 6.29. The topological polar surface area (TPSA) is 66.8 Å². The third-order valence-corrected chi connectivity index (χ3v) is 3.20. The summed E-state index contributed by atoms with van der Waals surface area (Å²) in [4.78, 5) is 11.0. The fraction of sp³-hybridized carbons (Fsp3) is 0.533. The van der Waals surface area contributed by atoms with E-state index in [9.17, 15) is 4.79 Å². The average Bonchev–Trinajstić information content (AvgIpc) is 2.30. The summed E-state index contributed by atoms with van der Waals surface area (Å²) in [6.07, 6.45) is 0. The van der Waals surface area contributed by atoms with Crippen LogP contribution in [0.25, 0.3) is 0 Å². The van der Waals surface area contributed by atoms with E-state index in [0.29, 0.717) is 11.0 Å². The second kappa shape index (κ2) is 6.91. The first-order chi connectivity index (χ1) is 8.90. The summed E-state index contributed by atoms with van der Waals surface area (Å²) < 4.78 is 4.54. The second-order valence-corrected chi connectivity index (χ2v) is 5.68. The lowest BCUT2D eigenvalue weighted by Crippen LogP contribution is -2.44. The maximum Gasteiger partial charge on any atom is 0.337 e. The fourth-order valence-corrected chi connectivity index (χ4v) is 0.885. The molecule has 1 aromatic rings. The largest absolute Gasteiger partial charge is 0.465 e. The van der Waals surface area contributed by atoms with Crippen molar-refractivity contribution in [1.29, 1.82) is 0 Å². The Morgan fingerprint density at radius 1 is 1.15 bits per heavy atom. The summed E-state index contributed by atoms with van der Waals surface area (Å²) in [5.74, 6) is -0.360. The van der Waals surface area contributed by atoms with E-state index in [2.05, 4.69) is 4.74 Å². The zero-order valence-electron chi connectivity index (χ0n) is 13.0. The minimum absolute atomic E-state index is 0.360. The second-order valence-electron chi connectivity index (χ2n) is 5.68. The molecule has 0 fully saturated rings. The van der Waals surface area contributed by atoms with Crippen LogP contribution in [0.2, 0.25) is 0 Å². The summed E-state index contributed by atoms with van der Waals surface area (Å²) in [6.45, 7) is 8.19. The quantitative estimate of drug-likeness (QED) is 0.628. The van der Waals surface area contributed by atoms with Gasteiger partial charge in [-0.3, -0.25) is 0 Å². The molecule has 0 aromatic heterocycles. The zero-order valence-corrected chi connectivity index (χ0v) is 13.0. The zero-order chi connectivity index (χ0) is 16.1. The number of hydrogen-bond donors (Lipinski definition) is 2. The lowest BCUT2D eigenvalue weighted by atomic mass is 9.90. The van der Waals surface area contributed by atoms with Crippen molar-refractivity contribution in [3.05, 3.63) is 29.3 Å². The van der Waals surface area contributed by atoms with Gasteiger partial charge in [0, 0.05) is 0 Å². The van der Waals surface area contributed by atoms with E-state index in [1.165, 1.54) is 7.11 Å². The Labute approximate surface area is 122 Å². The molecular formula is C15H23BO4. The van der Waals surface area contributed by atoms with Crippen molar-refractivity contribution in [2.45, 2.75) is 45.8 Å². The van der Waals surface area contributed by atoms with Crippen LogP contribution in [-0.4, -0.2) is 42.3 Å². The molecule has 5 heteroatoms. The third-order valence-electron chi connectivity index (χ3n) is 3.20. The van der Waals surface area contributed by atoms with E-state index in [4.69, 9.17) is 18.1 Å². The maximum absolute atomic E-state index is 11.0. The van der Waals surface area contributed by atoms with Gasteiger partial charge in [-0.2, -0.15) is 0 Å². The van der Waals surface area contributed by atoms with Gasteiger partial charge in [-0.1, -0.05) is 23.2 Å². The van der Waals surface area contributed by atoms with Crippen LogP contribution in [0.4, 0.5) is 0 Å². The summed E-state index contributed by atoms with van der Waals surface area (Å²) in [6, 6.07) is 5.10. The summed E-state index contributed by atoms with van der Waals surface area (Å²) in [7, 11) is 6.95. The van der Waals surface area contributed by atoms with Crippen molar-refractivity contribution < 1.29 is 19.7 Å². The predicted molar refractivity (Wildman–Crippen MR) is 80.5 cm³/mol. The molecule has 4 nitrogen and oxygen atoms in total. The van der Waals surface area contributed by atoms with Gasteiger partial charge in [0.2, 0.25) is 0 Å². The Kier molecular flexibility index (Phi) is 6.45. The van der Waals surface area contributed by atoms with Gasteiger partial charge in [0.1, 0.15) is 7.85 Å². The molecule has 0 aliphatic carbocycles. The van der Waals surface area contributed by atoms with Crippen molar-refractivity contribution in [3.8, 4) is 0 Å². The molecule has 110 valence electrons. The van der Waals surface area contributed by atoms with Gasteiger partial charge in [-0.05, 0) is 40.7 Å². The number of carbonyl (C=O) groups is 1. The van der Waals surface area contributed by atoms with E-state index in [1.807, 2.05) is 6.92 Å². The molecule has 0 unspecified atom stereocenters. The van der Waals surface area contributed by atoms with Crippen LogP contribution in [0.15, 0.2) is 18.2 Å². The summed E-state index contributed by atoms with van der Waals surface area (Å²) in [5, 5.41) is 18.2. The van der Waals surface area contributed by atoms with Gasteiger partial charge in [0.15, 0.2) is 0 Å². The molecule has 0 saturated heterocycles. The highest BCUT2D eigenvalue weighted by molar-refractivity contribution is 6.33. The molecule has 0 aliphatic rings. The van der Waals surface area contributed by atoms with Crippen molar-refractivity contribution in [3.63, 3.8) is 0 Å². The molecule has 0 spiro atoms. The number of benzene rings is 1. The molecule has 0 aliphatic heterocycles. The van der Waals surface area contributed by atoms with Crippen LogP contribution in [-0.2, 0) is 4.74 Å². The Morgan fingerprint density at radius 3 is 1.90 bits per heavy atom. The third kappa shape index (κ3) is 5.76. The molecule has 2 N–H and O–H groups in total. The molecule has 0 heterocycles. The standard InChI is InChI=1S/C9H9BO2.C6H14O2/c1-6-3-4-7(5-8(6)10)9(11)12-2;1-5(2,7)6(3,4)8/h3-5H,1-2H3;7-8H,1-4H3. The lowest BCUT2D eigenvalue weighted by molar-refractivity contribution is -0.107. The summed E-state index contributed by atoms with van der Waals surface area (Å²) >= 11 is 0. The number of aryl methyl sites for hydroxylation is 1. The van der Waals surface area contributed by atoms with Gasteiger partial charge < -0.3 is 14.9 Å². The van der Waals surface area contributed by atoms with Crippen LogP contribution in [0.5, 0.6) is 0 Å². The van der Waals surface area contributed by atoms with E-state index in [-0.39, 0.29) is 5.97 Å². The average molecular weight is 278 g/mol. The highest BCUT2D eigenvalue weighted by Gasteiger charge is 2.31. The Hall–Kier alpha value is -1.33. The van der Waals surface area contributed by atoms with Gasteiger partial charge in [-0.25, -0.2) is 4.79 Å². The van der Waals surface area contributed by atoms with Crippen LogP contribution in [0, 0.1) is 6.92 Å². The number of carbonyl (C=O) groups excluding carboxylic acids is 1. The predicted octanol–water partition coefficient (Wildman–Crippen LogP) is 1.10. The molecule has 1 rings (SSSR count). The minimum Gasteiger partial charge on any atom is -0.465 e. The van der Waals surface area contributed by atoms with Crippen molar-refractivity contribution in [2.75, 3.05) is 7.11 Å². The SMILES string of the molecule is CC(C)(O)C(C)(C)O.[B]c1cc(C(=O)OC)ccc1C. The molecule has 2 radical (unpaired) electrons. The van der Waals surface area contributed by atoms with Crippen LogP contribution in [0.1, 0.15) is 43.6 Å². The Balaban J connectivity index is 0.000000396. The first kappa shape index (κ1) is 18.7. The highest BCUT2D eigenvalue weighted by Crippen LogP contribution is 2.19. The first-order valence-electron chi connectivity index (χ1n) is 6.29. The van der Waals surface area contributed by atoms with Gasteiger partial charge in [-0.15, -0.1) is 0 Å². The molecule has 20 heavy (non-hydrogen) atoms. The van der Waals surface area contributed by atoms with E-state index < -0.39 is 11.2 Å². The van der Waals surface area contributed by atoms with Crippen LogP contribution >= 0.6 is 0 Å². The monoisotopic (exact) mass is 278 g/mol. The van der Waals surface area contributed by atoms with Gasteiger partial charge in [0.05, 0.1) is 23.9 Å². The van der Waals surface area contributed by atoms with E-state index in [1.54, 1.807) is 45.9 Å². The number of esters is 1. The van der Waals surface area contributed by atoms with Crippen LogP contribution < -0.4 is 5.46 Å². The van der Waals surface area contributed by atoms with Crippen molar-refractivity contribution in [1.82, 2.24) is 0 Å². The highest BCUT2D eigenvalue weighted by atomic mass is 16.5.